The number of aromatic nitrogens is 1. The van der Waals surface area contributed by atoms with Gasteiger partial charge >= 0.3 is 5.97 Å². The summed E-state index contributed by atoms with van der Waals surface area (Å²) in [5.41, 5.74) is 1.63. The third-order valence-electron chi connectivity index (χ3n) is 4.91. The lowest BCUT2D eigenvalue weighted by atomic mass is 10.1. The molecule has 0 bridgehead atoms. The Morgan fingerprint density at radius 1 is 1.13 bits per heavy atom. The maximum absolute atomic E-state index is 12.9. The number of H-pyrrole nitrogens is 1. The van der Waals surface area contributed by atoms with E-state index in [0.717, 1.165) is 0 Å². The van der Waals surface area contributed by atoms with Gasteiger partial charge in [0.15, 0.2) is 0 Å². The molecule has 0 aliphatic rings. The lowest BCUT2D eigenvalue weighted by Gasteiger charge is -2.19. The SMILES string of the molecule is CCOC(=O)c1c(C)[nH]c(C(=O)Nc2cc(S(=O)(=O)N(CC)CC)ccc2OC)c1C. The van der Waals surface area contributed by atoms with Gasteiger partial charge in [0.25, 0.3) is 5.91 Å². The molecule has 9 nitrogen and oxygen atoms in total. The largest absolute Gasteiger partial charge is 0.495 e. The summed E-state index contributed by atoms with van der Waals surface area (Å²) in [6.45, 7) is 9.39. The van der Waals surface area contributed by atoms with Crippen molar-refractivity contribution in [3.05, 3.63) is 40.7 Å². The molecule has 2 N–H and O–H groups in total. The summed E-state index contributed by atoms with van der Waals surface area (Å²) in [4.78, 5) is 28.1. The fourth-order valence-electron chi connectivity index (χ4n) is 3.33. The monoisotopic (exact) mass is 451 g/mol. The standard InChI is InChI=1S/C21H29N3O6S/c1-7-24(8-2)31(27,28)15-10-11-17(29-6)16(12-15)23-20(25)19-13(4)18(14(5)22-19)21(26)30-9-3/h10-12,22H,7-9H2,1-6H3,(H,23,25). The second-order valence-corrected chi connectivity index (χ2v) is 8.69. The molecule has 0 unspecified atom stereocenters. The van der Waals surface area contributed by atoms with E-state index in [1.807, 2.05) is 0 Å². The number of hydrogen-bond acceptors (Lipinski definition) is 6. The summed E-state index contributed by atoms with van der Waals surface area (Å²) in [7, 11) is -2.30. The first-order chi connectivity index (χ1) is 14.6. The number of carbonyl (C=O) groups is 2. The predicted molar refractivity (Wildman–Crippen MR) is 117 cm³/mol. The number of carbonyl (C=O) groups excluding carboxylic acids is 2. The normalized spacial score (nSPS) is 11.5. The van der Waals surface area contributed by atoms with Crippen LogP contribution in [0, 0.1) is 13.8 Å². The zero-order valence-electron chi connectivity index (χ0n) is 18.7. The van der Waals surface area contributed by atoms with Crippen LogP contribution in [0.15, 0.2) is 23.1 Å². The topological polar surface area (TPSA) is 118 Å². The van der Waals surface area contributed by atoms with E-state index in [1.165, 1.54) is 29.6 Å². The molecule has 0 saturated heterocycles. The van der Waals surface area contributed by atoms with Gasteiger partial charge in [-0.3, -0.25) is 4.79 Å². The van der Waals surface area contributed by atoms with Crippen LogP contribution < -0.4 is 10.1 Å². The molecular weight excluding hydrogens is 422 g/mol. The van der Waals surface area contributed by atoms with Gasteiger partial charge in [-0.2, -0.15) is 4.31 Å². The second kappa shape index (κ2) is 9.97. The minimum absolute atomic E-state index is 0.0406. The molecule has 0 aliphatic heterocycles. The van der Waals surface area contributed by atoms with E-state index in [-0.39, 0.29) is 22.9 Å². The number of benzene rings is 1. The molecule has 0 atom stereocenters. The van der Waals surface area contributed by atoms with E-state index in [0.29, 0.717) is 35.7 Å². The van der Waals surface area contributed by atoms with Gasteiger partial charge < -0.3 is 19.8 Å². The minimum Gasteiger partial charge on any atom is -0.495 e. The summed E-state index contributed by atoms with van der Waals surface area (Å²) in [5.74, 6) is -0.747. The number of aryl methyl sites for hydroxylation is 1. The Morgan fingerprint density at radius 2 is 1.77 bits per heavy atom. The van der Waals surface area contributed by atoms with E-state index < -0.39 is 21.9 Å². The van der Waals surface area contributed by atoms with Gasteiger partial charge in [-0.05, 0) is 44.5 Å². The molecule has 170 valence electrons. The minimum atomic E-state index is -3.72. The Labute approximate surface area is 182 Å². The van der Waals surface area contributed by atoms with Crippen molar-refractivity contribution < 1.29 is 27.5 Å². The van der Waals surface area contributed by atoms with Gasteiger partial charge in [0, 0.05) is 18.8 Å². The average Bonchev–Trinajstić information content (AvgIpc) is 3.03. The quantitative estimate of drug-likeness (QED) is 0.566. The number of nitrogens with zero attached hydrogens (tertiary/aromatic N) is 1. The molecule has 2 rings (SSSR count). The number of nitrogens with one attached hydrogen (secondary N) is 2. The number of rotatable bonds is 9. The summed E-state index contributed by atoms with van der Waals surface area (Å²) >= 11 is 0. The highest BCUT2D eigenvalue weighted by atomic mass is 32.2. The van der Waals surface area contributed by atoms with E-state index in [1.54, 1.807) is 34.6 Å². The van der Waals surface area contributed by atoms with Crippen LogP contribution in [0.1, 0.15) is 52.9 Å². The molecule has 1 amide bonds. The smallest absolute Gasteiger partial charge is 0.340 e. The van der Waals surface area contributed by atoms with Crippen molar-refractivity contribution in [3.8, 4) is 5.75 Å². The van der Waals surface area contributed by atoms with Crippen LogP contribution >= 0.6 is 0 Å². The van der Waals surface area contributed by atoms with E-state index >= 15 is 0 Å². The van der Waals surface area contributed by atoms with Gasteiger partial charge in [-0.15, -0.1) is 0 Å². The Bertz CT molecular complexity index is 1070. The van der Waals surface area contributed by atoms with Gasteiger partial charge in [0.2, 0.25) is 10.0 Å². The van der Waals surface area contributed by atoms with Crippen LogP contribution in [-0.4, -0.2) is 56.4 Å². The fourth-order valence-corrected chi connectivity index (χ4v) is 4.81. The van der Waals surface area contributed by atoms with Gasteiger partial charge in [0.05, 0.1) is 29.9 Å². The lowest BCUT2D eigenvalue weighted by Crippen LogP contribution is -2.30. The molecule has 1 aromatic heterocycles. The molecule has 10 heteroatoms. The molecule has 1 aromatic carbocycles. The lowest BCUT2D eigenvalue weighted by molar-refractivity contribution is 0.0525. The highest BCUT2D eigenvalue weighted by Crippen LogP contribution is 2.30. The van der Waals surface area contributed by atoms with Crippen LogP contribution in [0.25, 0.3) is 0 Å². The summed E-state index contributed by atoms with van der Waals surface area (Å²) in [6, 6.07) is 4.29. The third kappa shape index (κ3) is 4.91. The third-order valence-corrected chi connectivity index (χ3v) is 6.95. The zero-order valence-corrected chi connectivity index (χ0v) is 19.5. The number of methoxy groups -OCH3 is 1. The highest BCUT2D eigenvalue weighted by molar-refractivity contribution is 7.89. The van der Waals surface area contributed by atoms with Crippen LogP contribution in [0.3, 0.4) is 0 Å². The number of anilines is 1. The summed E-state index contributed by atoms with van der Waals surface area (Å²) in [6.07, 6.45) is 0. The van der Waals surface area contributed by atoms with Gasteiger partial charge in [0.1, 0.15) is 11.4 Å². The van der Waals surface area contributed by atoms with Gasteiger partial charge in [-0.25, -0.2) is 13.2 Å². The van der Waals surface area contributed by atoms with Crippen molar-refractivity contribution in [2.45, 2.75) is 39.5 Å². The second-order valence-electron chi connectivity index (χ2n) is 6.75. The van der Waals surface area contributed by atoms with Crippen molar-refractivity contribution in [2.24, 2.45) is 0 Å². The van der Waals surface area contributed by atoms with Crippen LogP contribution in [-0.2, 0) is 14.8 Å². The molecule has 0 fully saturated rings. The Morgan fingerprint density at radius 3 is 2.32 bits per heavy atom. The first-order valence-electron chi connectivity index (χ1n) is 9.98. The average molecular weight is 452 g/mol. The highest BCUT2D eigenvalue weighted by Gasteiger charge is 2.26. The number of sulfonamides is 1. The Kier molecular flexibility index (Phi) is 7.85. The molecular formula is C21H29N3O6S. The van der Waals surface area contributed by atoms with E-state index in [2.05, 4.69) is 10.3 Å². The predicted octanol–water partition coefficient (Wildman–Crippen LogP) is 3.10. The Hall–Kier alpha value is -2.85. The maximum atomic E-state index is 12.9. The van der Waals surface area contributed by atoms with Crippen molar-refractivity contribution in [2.75, 3.05) is 32.1 Å². The number of ether oxygens (including phenoxy) is 2. The maximum Gasteiger partial charge on any atom is 0.340 e. The number of hydrogen-bond donors (Lipinski definition) is 2. The van der Waals surface area contributed by atoms with Crippen LogP contribution in [0.2, 0.25) is 0 Å². The number of amides is 1. The molecule has 31 heavy (non-hydrogen) atoms. The van der Waals surface area contributed by atoms with E-state index in [9.17, 15) is 18.0 Å². The molecule has 0 radical (unpaired) electrons. The van der Waals surface area contributed by atoms with Crippen molar-refractivity contribution in [1.82, 2.24) is 9.29 Å². The molecule has 0 saturated carbocycles. The van der Waals surface area contributed by atoms with E-state index in [4.69, 9.17) is 9.47 Å². The first-order valence-corrected chi connectivity index (χ1v) is 11.4. The zero-order chi connectivity index (χ0) is 23.3. The first kappa shape index (κ1) is 24.4. The number of esters is 1. The Balaban J connectivity index is 2.44. The molecule has 0 aliphatic carbocycles. The molecule has 2 aromatic rings. The van der Waals surface area contributed by atoms with Gasteiger partial charge in [-0.1, -0.05) is 13.8 Å². The van der Waals surface area contributed by atoms with Crippen molar-refractivity contribution in [1.29, 1.82) is 0 Å². The molecule has 0 spiro atoms. The van der Waals surface area contributed by atoms with Crippen LogP contribution in [0.4, 0.5) is 5.69 Å². The van der Waals surface area contributed by atoms with Crippen molar-refractivity contribution in [3.63, 3.8) is 0 Å². The summed E-state index contributed by atoms with van der Waals surface area (Å²) < 4.78 is 37.4. The van der Waals surface area contributed by atoms with Crippen LogP contribution in [0.5, 0.6) is 5.75 Å². The summed E-state index contributed by atoms with van der Waals surface area (Å²) in [5, 5.41) is 2.69. The van der Waals surface area contributed by atoms with Crippen molar-refractivity contribution >= 4 is 27.6 Å². The molecule has 1 heterocycles. The number of aromatic amines is 1. The fraction of sp³-hybridized carbons (Fsp3) is 0.429.